The van der Waals surface area contributed by atoms with Crippen LogP contribution in [0, 0.1) is 6.92 Å². The van der Waals surface area contributed by atoms with Crippen molar-refractivity contribution in [3.05, 3.63) is 64.8 Å². The average molecular weight is 433 g/mol. The zero-order valence-electron chi connectivity index (χ0n) is 17.5. The summed E-state index contributed by atoms with van der Waals surface area (Å²) < 4.78 is 42.4. The van der Waals surface area contributed by atoms with E-state index in [2.05, 4.69) is 4.74 Å². The Labute approximate surface area is 177 Å². The van der Waals surface area contributed by atoms with Gasteiger partial charge in [-0.15, -0.1) is 13.2 Å². The van der Waals surface area contributed by atoms with Crippen LogP contribution >= 0.6 is 0 Å². The van der Waals surface area contributed by atoms with Crippen molar-refractivity contribution < 1.29 is 32.6 Å². The van der Waals surface area contributed by atoms with Crippen LogP contribution in [-0.2, 0) is 16.6 Å². The van der Waals surface area contributed by atoms with Gasteiger partial charge in [0.05, 0.1) is 11.9 Å². The number of carboxylic acids is 1. The minimum Gasteiger partial charge on any atom is -0.481 e. The van der Waals surface area contributed by atoms with Crippen LogP contribution in [0.5, 0.6) is 5.75 Å². The monoisotopic (exact) mass is 433 g/mol. The lowest BCUT2D eigenvalue weighted by molar-refractivity contribution is -0.274. The van der Waals surface area contributed by atoms with Gasteiger partial charge in [-0.3, -0.25) is 14.2 Å². The number of halogens is 3. The second-order valence-corrected chi connectivity index (χ2v) is 8.33. The van der Waals surface area contributed by atoms with Gasteiger partial charge in [0.2, 0.25) is 0 Å². The molecule has 3 aromatic rings. The maximum absolute atomic E-state index is 13.2. The molecule has 3 rings (SSSR count). The van der Waals surface area contributed by atoms with Gasteiger partial charge >= 0.3 is 12.3 Å². The molecule has 164 valence electrons. The number of hydrogen-bond donors (Lipinski definition) is 1. The van der Waals surface area contributed by atoms with Crippen molar-refractivity contribution in [2.24, 2.45) is 0 Å². The number of fused-ring (bicyclic) bond motifs is 1. The van der Waals surface area contributed by atoms with E-state index in [0.29, 0.717) is 22.2 Å². The van der Waals surface area contributed by atoms with Crippen molar-refractivity contribution in [3.63, 3.8) is 0 Å². The lowest BCUT2D eigenvalue weighted by atomic mass is 9.86. The van der Waals surface area contributed by atoms with E-state index in [1.54, 1.807) is 13.0 Å². The summed E-state index contributed by atoms with van der Waals surface area (Å²) in [5.74, 6) is -1.93. The van der Waals surface area contributed by atoms with Crippen LogP contribution in [0.2, 0.25) is 0 Å². The zero-order valence-corrected chi connectivity index (χ0v) is 17.5. The molecular weight excluding hydrogens is 411 g/mol. The molecule has 0 saturated heterocycles. The fourth-order valence-electron chi connectivity index (χ4n) is 3.51. The normalized spacial score (nSPS) is 12.2. The van der Waals surface area contributed by atoms with E-state index >= 15 is 0 Å². The third-order valence-corrected chi connectivity index (χ3v) is 5.07. The van der Waals surface area contributed by atoms with E-state index in [0.717, 1.165) is 17.7 Å². The highest BCUT2D eigenvalue weighted by Gasteiger charge is 2.31. The minimum atomic E-state index is -4.82. The molecule has 0 bridgehead atoms. The molecule has 0 unspecified atom stereocenters. The average Bonchev–Trinajstić information content (AvgIpc) is 2.90. The fraction of sp³-hybridized carbons (Fsp3) is 0.304. The zero-order chi connectivity index (χ0) is 23.1. The Hall–Kier alpha value is -3.29. The second-order valence-electron chi connectivity index (χ2n) is 8.33. The highest BCUT2D eigenvalue weighted by Crippen LogP contribution is 2.32. The number of alkyl halides is 3. The number of hydrogen-bond acceptors (Lipinski definition) is 3. The van der Waals surface area contributed by atoms with Crippen molar-refractivity contribution in [3.8, 4) is 5.75 Å². The van der Waals surface area contributed by atoms with E-state index in [1.807, 2.05) is 32.9 Å². The lowest BCUT2D eigenvalue weighted by Gasteiger charge is -2.19. The number of carboxylic acid groups (broad SMARTS) is 1. The summed E-state index contributed by atoms with van der Waals surface area (Å²) in [5, 5.41) is 10.0. The summed E-state index contributed by atoms with van der Waals surface area (Å²) in [6, 6.07) is 10.2. The third kappa shape index (κ3) is 4.73. The number of ether oxygens (including phenoxy) is 1. The molecule has 1 heterocycles. The van der Waals surface area contributed by atoms with Gasteiger partial charge < -0.3 is 9.84 Å². The molecular formula is C23H22F3NO4. The molecule has 0 aliphatic rings. The fourth-order valence-corrected chi connectivity index (χ4v) is 3.51. The molecule has 0 fully saturated rings. The number of nitrogens with zero attached hydrogens (tertiary/aromatic N) is 1. The molecule has 0 spiro atoms. The molecule has 31 heavy (non-hydrogen) atoms. The van der Waals surface area contributed by atoms with Crippen LogP contribution in [0.4, 0.5) is 13.2 Å². The summed E-state index contributed by atoms with van der Waals surface area (Å²) >= 11 is 0. The Kier molecular flexibility index (Phi) is 5.60. The Morgan fingerprint density at radius 3 is 2.16 bits per heavy atom. The first-order valence-corrected chi connectivity index (χ1v) is 9.54. The van der Waals surface area contributed by atoms with Crippen LogP contribution in [0.3, 0.4) is 0 Å². The Bertz CT molecular complexity index is 1150. The van der Waals surface area contributed by atoms with Crippen LogP contribution in [0.1, 0.15) is 48.0 Å². The van der Waals surface area contributed by atoms with E-state index in [-0.39, 0.29) is 17.4 Å². The molecule has 0 atom stereocenters. The largest absolute Gasteiger partial charge is 0.573 e. The highest BCUT2D eigenvalue weighted by molar-refractivity contribution is 6.04. The van der Waals surface area contributed by atoms with Crippen molar-refractivity contribution >= 4 is 22.8 Å². The topological polar surface area (TPSA) is 68.5 Å². The maximum atomic E-state index is 13.2. The van der Waals surface area contributed by atoms with Crippen LogP contribution in [0.15, 0.2) is 42.5 Å². The van der Waals surface area contributed by atoms with Crippen molar-refractivity contribution in [1.29, 1.82) is 0 Å². The Morgan fingerprint density at radius 1 is 1.03 bits per heavy atom. The number of rotatable bonds is 4. The van der Waals surface area contributed by atoms with Gasteiger partial charge in [0, 0.05) is 16.6 Å². The minimum absolute atomic E-state index is 0.149. The van der Waals surface area contributed by atoms with E-state index in [4.69, 9.17) is 0 Å². The van der Waals surface area contributed by atoms with Crippen molar-refractivity contribution in [1.82, 2.24) is 4.57 Å². The number of carbonyl (C=O) groups excluding carboxylic acids is 1. The highest BCUT2D eigenvalue weighted by atomic mass is 19.4. The first-order valence-electron chi connectivity index (χ1n) is 9.54. The Morgan fingerprint density at radius 2 is 1.65 bits per heavy atom. The molecule has 2 aromatic carbocycles. The third-order valence-electron chi connectivity index (χ3n) is 5.07. The van der Waals surface area contributed by atoms with Crippen molar-refractivity contribution in [2.45, 2.75) is 45.9 Å². The first kappa shape index (κ1) is 22.4. The van der Waals surface area contributed by atoms with E-state index < -0.39 is 24.0 Å². The smallest absolute Gasteiger partial charge is 0.481 e. The summed E-state index contributed by atoms with van der Waals surface area (Å²) in [5.41, 5.74) is 2.51. The summed E-state index contributed by atoms with van der Waals surface area (Å²) in [7, 11) is 0. The van der Waals surface area contributed by atoms with Crippen LogP contribution in [-0.4, -0.2) is 27.9 Å². The SMILES string of the molecule is Cc1c(CC(=O)O)c2cc(C(C)(C)C)ccc2n1C(=O)c1ccc(OC(F)(F)F)cc1. The van der Waals surface area contributed by atoms with Crippen molar-refractivity contribution in [2.75, 3.05) is 0 Å². The number of aromatic nitrogens is 1. The van der Waals surface area contributed by atoms with Gasteiger partial charge in [0.15, 0.2) is 0 Å². The van der Waals surface area contributed by atoms with E-state index in [9.17, 15) is 27.9 Å². The number of aliphatic carboxylic acids is 1. The molecule has 5 nitrogen and oxygen atoms in total. The van der Waals surface area contributed by atoms with Gasteiger partial charge in [0.25, 0.3) is 5.91 Å². The number of benzene rings is 2. The molecule has 1 aromatic heterocycles. The molecule has 0 radical (unpaired) electrons. The van der Waals surface area contributed by atoms with Gasteiger partial charge in [-0.25, -0.2) is 0 Å². The molecule has 0 amide bonds. The summed E-state index contributed by atoms with van der Waals surface area (Å²) in [6.45, 7) is 7.76. The Balaban J connectivity index is 2.12. The number of carbonyl (C=O) groups is 2. The van der Waals surface area contributed by atoms with Gasteiger partial charge in [-0.1, -0.05) is 26.8 Å². The molecule has 0 aliphatic heterocycles. The first-order chi connectivity index (χ1) is 14.3. The van der Waals surface area contributed by atoms with Crippen LogP contribution < -0.4 is 4.74 Å². The van der Waals surface area contributed by atoms with Crippen LogP contribution in [0.25, 0.3) is 10.9 Å². The van der Waals surface area contributed by atoms with Gasteiger partial charge in [-0.05, 0) is 59.9 Å². The predicted molar refractivity (Wildman–Crippen MR) is 110 cm³/mol. The summed E-state index contributed by atoms with van der Waals surface area (Å²) in [6.07, 6.45) is -5.08. The summed E-state index contributed by atoms with van der Waals surface area (Å²) in [4.78, 5) is 24.7. The van der Waals surface area contributed by atoms with E-state index in [1.165, 1.54) is 16.7 Å². The quantitative estimate of drug-likeness (QED) is 0.593. The molecule has 0 saturated carbocycles. The maximum Gasteiger partial charge on any atom is 0.573 e. The van der Waals surface area contributed by atoms with Gasteiger partial charge in [-0.2, -0.15) is 0 Å². The molecule has 8 heteroatoms. The standard InChI is InChI=1S/C23H22F3NO4/c1-13-17(12-20(28)29)18-11-15(22(2,3)4)7-10-19(18)27(13)21(30)14-5-8-16(9-6-14)31-23(24,25)26/h5-11H,12H2,1-4H3,(H,28,29). The molecule has 1 N–H and O–H groups in total. The second kappa shape index (κ2) is 7.76. The predicted octanol–water partition coefficient (Wildman–Crippen LogP) is 5.46. The molecule has 0 aliphatic carbocycles. The lowest BCUT2D eigenvalue weighted by Crippen LogP contribution is -2.17. The van der Waals surface area contributed by atoms with Gasteiger partial charge in [0.1, 0.15) is 5.75 Å².